The van der Waals surface area contributed by atoms with Gasteiger partial charge in [0.05, 0.1) is 17.1 Å². The molecule has 6 heteroatoms. The summed E-state index contributed by atoms with van der Waals surface area (Å²) in [6.07, 6.45) is -0.839. The van der Waals surface area contributed by atoms with Crippen LogP contribution in [0.3, 0.4) is 0 Å². The number of hydrogen-bond donors (Lipinski definition) is 1. The number of esters is 1. The van der Waals surface area contributed by atoms with Gasteiger partial charge in [-0.2, -0.15) is 0 Å². The van der Waals surface area contributed by atoms with Gasteiger partial charge in [0.1, 0.15) is 0 Å². The van der Waals surface area contributed by atoms with Gasteiger partial charge in [-0.1, -0.05) is 53.0 Å². The molecular weight excluding hydrogens is 349 g/mol. The molecule has 2 aromatic rings. The number of nitrogens with one attached hydrogen (secondary N) is 1. The molecule has 0 heterocycles. The third kappa shape index (κ3) is 5.25. The Balaban J connectivity index is 1.92. The Kier molecular flexibility index (Phi) is 6.23. The van der Waals surface area contributed by atoms with Crippen molar-refractivity contribution in [2.24, 2.45) is 0 Å². The monoisotopic (exact) mass is 365 g/mol. The van der Waals surface area contributed by atoms with E-state index in [9.17, 15) is 9.59 Å². The van der Waals surface area contributed by atoms with Crippen LogP contribution in [0.25, 0.3) is 0 Å². The lowest BCUT2D eigenvalue weighted by Gasteiger charge is -2.14. The minimum absolute atomic E-state index is 0.107. The minimum Gasteiger partial charge on any atom is -0.452 e. The maximum atomic E-state index is 12.1. The van der Waals surface area contributed by atoms with Crippen molar-refractivity contribution in [2.45, 2.75) is 26.4 Å². The van der Waals surface area contributed by atoms with Crippen LogP contribution in [0.5, 0.6) is 0 Å². The van der Waals surface area contributed by atoms with E-state index in [1.807, 2.05) is 31.2 Å². The van der Waals surface area contributed by atoms with Crippen LogP contribution in [0, 0.1) is 6.92 Å². The predicted molar refractivity (Wildman–Crippen MR) is 95.5 cm³/mol. The molecule has 0 unspecified atom stereocenters. The van der Waals surface area contributed by atoms with Gasteiger partial charge in [0.2, 0.25) is 0 Å². The summed E-state index contributed by atoms with van der Waals surface area (Å²) in [4.78, 5) is 24.1. The fourth-order valence-electron chi connectivity index (χ4n) is 1.99. The lowest BCUT2D eigenvalue weighted by Crippen LogP contribution is -2.30. The average Bonchev–Trinajstić information content (AvgIpc) is 2.53. The van der Waals surface area contributed by atoms with Gasteiger partial charge in [0, 0.05) is 5.02 Å². The molecule has 1 N–H and O–H groups in total. The molecule has 1 amide bonds. The number of carbonyl (C=O) groups excluding carboxylic acids is 2. The highest BCUT2D eigenvalue weighted by molar-refractivity contribution is 6.35. The number of halogens is 2. The Morgan fingerprint density at radius 3 is 2.46 bits per heavy atom. The van der Waals surface area contributed by atoms with E-state index in [1.54, 1.807) is 12.1 Å². The van der Waals surface area contributed by atoms with Gasteiger partial charge in [-0.25, -0.2) is 0 Å². The predicted octanol–water partition coefficient (Wildman–Crippen LogP) is 4.41. The second-order valence-electron chi connectivity index (χ2n) is 5.41. The maximum Gasteiger partial charge on any atom is 0.311 e. The molecular formula is C18H17Cl2NO3. The number of rotatable bonds is 5. The lowest BCUT2D eigenvalue weighted by molar-refractivity contribution is -0.152. The summed E-state index contributed by atoms with van der Waals surface area (Å²) in [5.74, 6) is -0.949. The van der Waals surface area contributed by atoms with Gasteiger partial charge in [0.25, 0.3) is 5.91 Å². The molecule has 126 valence electrons. The van der Waals surface area contributed by atoms with Crippen molar-refractivity contribution in [3.05, 3.63) is 63.6 Å². The number of carbonyl (C=O) groups is 2. The quantitative estimate of drug-likeness (QED) is 0.798. The number of amides is 1. The van der Waals surface area contributed by atoms with Crippen molar-refractivity contribution >= 4 is 40.8 Å². The van der Waals surface area contributed by atoms with Gasteiger partial charge in [-0.3, -0.25) is 9.59 Å². The SMILES string of the molecule is Cc1ccc(CC(=O)O[C@@H](C)C(=O)Nc2cc(Cl)ccc2Cl)cc1. The highest BCUT2D eigenvalue weighted by Gasteiger charge is 2.19. The van der Waals surface area contributed by atoms with E-state index < -0.39 is 18.0 Å². The largest absolute Gasteiger partial charge is 0.452 e. The van der Waals surface area contributed by atoms with Gasteiger partial charge in [-0.05, 0) is 37.6 Å². The van der Waals surface area contributed by atoms with E-state index in [1.165, 1.54) is 13.0 Å². The maximum absolute atomic E-state index is 12.1. The van der Waals surface area contributed by atoms with Crippen LogP contribution in [-0.2, 0) is 20.7 Å². The fourth-order valence-corrected chi connectivity index (χ4v) is 2.33. The molecule has 0 bridgehead atoms. The van der Waals surface area contributed by atoms with Crippen LogP contribution in [0.1, 0.15) is 18.1 Å². The van der Waals surface area contributed by atoms with Gasteiger partial charge in [-0.15, -0.1) is 0 Å². The summed E-state index contributed by atoms with van der Waals surface area (Å²) in [7, 11) is 0. The van der Waals surface area contributed by atoms with Crippen LogP contribution < -0.4 is 5.32 Å². The van der Waals surface area contributed by atoms with E-state index in [4.69, 9.17) is 27.9 Å². The van der Waals surface area contributed by atoms with E-state index in [0.29, 0.717) is 15.7 Å². The van der Waals surface area contributed by atoms with Crippen LogP contribution in [0.15, 0.2) is 42.5 Å². The Morgan fingerprint density at radius 2 is 1.79 bits per heavy atom. The Labute approximate surface area is 150 Å². The second kappa shape index (κ2) is 8.18. The summed E-state index contributed by atoms with van der Waals surface area (Å²) in [5, 5.41) is 3.39. The first-order chi connectivity index (χ1) is 11.3. The van der Waals surface area contributed by atoms with Crippen LogP contribution in [0.2, 0.25) is 10.0 Å². The molecule has 2 rings (SSSR count). The number of ether oxygens (including phenoxy) is 1. The molecule has 24 heavy (non-hydrogen) atoms. The highest BCUT2D eigenvalue weighted by Crippen LogP contribution is 2.25. The van der Waals surface area contributed by atoms with Gasteiger partial charge < -0.3 is 10.1 Å². The van der Waals surface area contributed by atoms with E-state index in [0.717, 1.165) is 11.1 Å². The molecule has 0 aliphatic carbocycles. The summed E-state index contributed by atoms with van der Waals surface area (Å²) in [5.41, 5.74) is 2.31. The standard InChI is InChI=1S/C18H17Cl2NO3/c1-11-3-5-13(6-4-11)9-17(22)24-12(2)18(23)21-16-10-14(19)7-8-15(16)20/h3-8,10,12H,9H2,1-2H3,(H,21,23)/t12-/m0/s1. The van der Waals surface area contributed by atoms with Crippen LogP contribution >= 0.6 is 23.2 Å². The molecule has 1 atom stereocenters. The number of aryl methyl sites for hydroxylation is 1. The van der Waals surface area contributed by atoms with E-state index in [-0.39, 0.29) is 6.42 Å². The molecule has 0 aliphatic heterocycles. The number of anilines is 1. The second-order valence-corrected chi connectivity index (χ2v) is 6.25. The summed E-state index contributed by atoms with van der Waals surface area (Å²) < 4.78 is 5.16. The summed E-state index contributed by atoms with van der Waals surface area (Å²) >= 11 is 11.9. The normalized spacial score (nSPS) is 11.7. The van der Waals surface area contributed by atoms with Crippen molar-refractivity contribution in [3.63, 3.8) is 0 Å². The molecule has 0 saturated heterocycles. The molecule has 0 aromatic heterocycles. The zero-order valence-corrected chi connectivity index (χ0v) is 14.8. The van der Waals surface area contributed by atoms with E-state index in [2.05, 4.69) is 5.32 Å². The van der Waals surface area contributed by atoms with Gasteiger partial charge in [0.15, 0.2) is 6.10 Å². The highest BCUT2D eigenvalue weighted by atomic mass is 35.5. The minimum atomic E-state index is -0.946. The smallest absolute Gasteiger partial charge is 0.311 e. The lowest BCUT2D eigenvalue weighted by atomic mass is 10.1. The molecule has 4 nitrogen and oxygen atoms in total. The number of hydrogen-bond acceptors (Lipinski definition) is 3. The Morgan fingerprint density at radius 1 is 1.12 bits per heavy atom. The van der Waals surface area contributed by atoms with Crippen molar-refractivity contribution in [1.29, 1.82) is 0 Å². The molecule has 0 saturated carbocycles. The number of benzene rings is 2. The third-order valence-electron chi connectivity index (χ3n) is 3.33. The van der Waals surface area contributed by atoms with Crippen LogP contribution in [-0.4, -0.2) is 18.0 Å². The van der Waals surface area contributed by atoms with Gasteiger partial charge >= 0.3 is 5.97 Å². The van der Waals surface area contributed by atoms with Crippen molar-refractivity contribution in [3.8, 4) is 0 Å². The Hall–Kier alpha value is -2.04. The molecule has 2 aromatic carbocycles. The first-order valence-electron chi connectivity index (χ1n) is 7.36. The zero-order valence-electron chi connectivity index (χ0n) is 13.3. The first-order valence-corrected chi connectivity index (χ1v) is 8.11. The summed E-state index contributed by atoms with van der Waals surface area (Å²) in [6.45, 7) is 3.47. The Bertz CT molecular complexity index is 744. The van der Waals surface area contributed by atoms with Crippen LogP contribution in [0.4, 0.5) is 5.69 Å². The van der Waals surface area contributed by atoms with Crippen molar-refractivity contribution in [2.75, 3.05) is 5.32 Å². The molecule has 0 fully saturated rings. The fraction of sp³-hybridized carbons (Fsp3) is 0.222. The molecule has 0 spiro atoms. The third-order valence-corrected chi connectivity index (χ3v) is 3.90. The summed E-state index contributed by atoms with van der Waals surface area (Å²) in [6, 6.07) is 12.3. The van der Waals surface area contributed by atoms with Crippen molar-refractivity contribution < 1.29 is 14.3 Å². The molecule has 0 aliphatic rings. The van der Waals surface area contributed by atoms with Crippen molar-refractivity contribution in [1.82, 2.24) is 0 Å². The zero-order chi connectivity index (χ0) is 17.7. The first kappa shape index (κ1) is 18.3. The molecule has 0 radical (unpaired) electrons. The van der Waals surface area contributed by atoms with E-state index >= 15 is 0 Å². The topological polar surface area (TPSA) is 55.4 Å². The average molecular weight is 366 g/mol.